The van der Waals surface area contributed by atoms with Gasteiger partial charge in [-0.1, -0.05) is 0 Å². The SMILES string of the molecule is O=c1[nH]c(O)c(/C=C2\C=NC=N2)[nH]1. The van der Waals surface area contributed by atoms with Crippen LogP contribution in [0.4, 0.5) is 0 Å². The van der Waals surface area contributed by atoms with Crippen molar-refractivity contribution >= 4 is 18.6 Å². The van der Waals surface area contributed by atoms with Gasteiger partial charge in [-0.05, 0) is 6.08 Å². The topological polar surface area (TPSA) is 93.6 Å². The van der Waals surface area contributed by atoms with Crippen molar-refractivity contribution < 1.29 is 5.11 Å². The van der Waals surface area contributed by atoms with E-state index in [0.717, 1.165) is 0 Å². The molecule has 0 amide bonds. The standard InChI is InChI=1S/C7H6N4O2/c12-6-5(10-7(13)11-6)1-4-2-8-3-9-4/h1-3,12H,(H2,10,11,13)/b4-1+. The van der Waals surface area contributed by atoms with Gasteiger partial charge in [0.15, 0.2) is 0 Å². The first kappa shape index (κ1) is 7.53. The van der Waals surface area contributed by atoms with Gasteiger partial charge in [0.2, 0.25) is 5.88 Å². The van der Waals surface area contributed by atoms with Crippen LogP contribution in [0.1, 0.15) is 5.69 Å². The predicted molar refractivity (Wildman–Crippen MR) is 48.0 cm³/mol. The van der Waals surface area contributed by atoms with Crippen molar-refractivity contribution in [1.82, 2.24) is 9.97 Å². The first-order valence-corrected chi connectivity index (χ1v) is 3.54. The van der Waals surface area contributed by atoms with E-state index in [4.69, 9.17) is 5.11 Å². The van der Waals surface area contributed by atoms with Crippen molar-refractivity contribution in [3.8, 4) is 5.88 Å². The van der Waals surface area contributed by atoms with Crippen LogP contribution < -0.4 is 5.69 Å². The smallest absolute Gasteiger partial charge is 0.326 e. The molecule has 0 aliphatic carbocycles. The van der Waals surface area contributed by atoms with Crippen LogP contribution in [-0.4, -0.2) is 27.6 Å². The lowest BCUT2D eigenvalue weighted by molar-refractivity contribution is 0.454. The second-order valence-corrected chi connectivity index (χ2v) is 2.43. The van der Waals surface area contributed by atoms with E-state index in [-0.39, 0.29) is 5.88 Å². The lowest BCUT2D eigenvalue weighted by Gasteiger charge is -1.88. The van der Waals surface area contributed by atoms with Crippen LogP contribution in [-0.2, 0) is 0 Å². The van der Waals surface area contributed by atoms with E-state index in [2.05, 4.69) is 20.0 Å². The Labute approximate surface area is 72.4 Å². The van der Waals surface area contributed by atoms with Crippen LogP contribution >= 0.6 is 0 Å². The number of nitrogens with zero attached hydrogens (tertiary/aromatic N) is 2. The summed E-state index contributed by atoms with van der Waals surface area (Å²) in [5.74, 6) is -0.201. The number of allylic oxidation sites excluding steroid dienone is 1. The number of aliphatic imine (C=N–C) groups is 2. The van der Waals surface area contributed by atoms with E-state index in [0.29, 0.717) is 11.4 Å². The van der Waals surface area contributed by atoms with Gasteiger partial charge < -0.3 is 10.1 Å². The molecule has 0 saturated carbocycles. The zero-order chi connectivity index (χ0) is 9.26. The molecule has 0 atom stereocenters. The molecule has 6 nitrogen and oxygen atoms in total. The molecule has 2 rings (SSSR count). The van der Waals surface area contributed by atoms with E-state index >= 15 is 0 Å². The van der Waals surface area contributed by atoms with Gasteiger partial charge >= 0.3 is 5.69 Å². The fourth-order valence-corrected chi connectivity index (χ4v) is 0.958. The predicted octanol–water partition coefficient (Wildman–Crippen LogP) is -0.138. The molecule has 1 aliphatic rings. The summed E-state index contributed by atoms with van der Waals surface area (Å²) in [6.07, 6.45) is 4.42. The number of rotatable bonds is 1. The van der Waals surface area contributed by atoms with Gasteiger partial charge in [0.25, 0.3) is 0 Å². The quantitative estimate of drug-likeness (QED) is 0.558. The monoisotopic (exact) mass is 178 g/mol. The Hall–Kier alpha value is -2.11. The van der Waals surface area contributed by atoms with Gasteiger partial charge in [0.05, 0.1) is 11.9 Å². The summed E-state index contributed by atoms with van der Waals surface area (Å²) >= 11 is 0. The molecule has 0 spiro atoms. The number of nitrogens with one attached hydrogen (secondary N) is 2. The Morgan fingerprint density at radius 1 is 1.46 bits per heavy atom. The minimum atomic E-state index is -0.455. The van der Waals surface area contributed by atoms with Crippen LogP contribution in [0, 0.1) is 0 Å². The second kappa shape index (κ2) is 2.74. The fraction of sp³-hybridized carbons (Fsp3) is 0. The van der Waals surface area contributed by atoms with Crippen molar-refractivity contribution in [2.24, 2.45) is 9.98 Å². The van der Waals surface area contributed by atoms with Crippen molar-refractivity contribution in [3.63, 3.8) is 0 Å². The third kappa shape index (κ3) is 1.41. The molecule has 3 N–H and O–H groups in total. The molecule has 0 saturated heterocycles. The van der Waals surface area contributed by atoms with Gasteiger partial charge in [0, 0.05) is 0 Å². The average Bonchev–Trinajstić information content (AvgIpc) is 2.63. The average molecular weight is 178 g/mol. The minimum absolute atomic E-state index is 0.201. The summed E-state index contributed by atoms with van der Waals surface area (Å²) in [6.45, 7) is 0. The lowest BCUT2D eigenvalue weighted by Crippen LogP contribution is -2.00. The molecule has 2 heterocycles. The zero-order valence-electron chi connectivity index (χ0n) is 6.48. The number of hydrogen-bond donors (Lipinski definition) is 3. The number of hydrogen-bond acceptors (Lipinski definition) is 4. The van der Waals surface area contributed by atoms with Crippen LogP contribution in [0.3, 0.4) is 0 Å². The highest BCUT2D eigenvalue weighted by atomic mass is 16.3. The molecular formula is C7H6N4O2. The molecular weight excluding hydrogens is 172 g/mol. The highest BCUT2D eigenvalue weighted by molar-refractivity contribution is 5.95. The lowest BCUT2D eigenvalue weighted by atomic mass is 10.3. The maximum Gasteiger partial charge on any atom is 0.326 e. The number of H-pyrrole nitrogens is 2. The van der Waals surface area contributed by atoms with Crippen LogP contribution in [0.5, 0.6) is 5.88 Å². The summed E-state index contributed by atoms with van der Waals surface area (Å²) < 4.78 is 0. The highest BCUT2D eigenvalue weighted by Gasteiger charge is 2.03. The Morgan fingerprint density at radius 3 is 2.85 bits per heavy atom. The molecule has 1 aliphatic heterocycles. The molecule has 0 unspecified atom stereocenters. The van der Waals surface area contributed by atoms with Gasteiger partial charge in [0.1, 0.15) is 12.0 Å². The van der Waals surface area contributed by atoms with Gasteiger partial charge in [-0.3, -0.25) is 4.98 Å². The van der Waals surface area contributed by atoms with Crippen molar-refractivity contribution in [1.29, 1.82) is 0 Å². The molecule has 66 valence electrons. The van der Waals surface area contributed by atoms with E-state index in [1.807, 2.05) is 0 Å². The molecule has 0 aromatic carbocycles. The Bertz CT molecular complexity index is 449. The summed E-state index contributed by atoms with van der Waals surface area (Å²) in [5, 5.41) is 9.16. The van der Waals surface area contributed by atoms with Crippen molar-refractivity contribution in [2.75, 3.05) is 0 Å². The third-order valence-electron chi connectivity index (χ3n) is 1.51. The first-order chi connectivity index (χ1) is 6.25. The van der Waals surface area contributed by atoms with Crippen LogP contribution in [0.2, 0.25) is 0 Å². The first-order valence-electron chi connectivity index (χ1n) is 3.54. The Balaban J connectivity index is 2.42. The molecule has 1 aromatic rings. The largest absolute Gasteiger partial charge is 0.493 e. The van der Waals surface area contributed by atoms with E-state index in [1.54, 1.807) is 0 Å². The summed E-state index contributed by atoms with van der Waals surface area (Å²) in [5.41, 5.74) is 0.416. The number of aromatic nitrogens is 2. The maximum atomic E-state index is 10.7. The van der Waals surface area contributed by atoms with E-state index < -0.39 is 5.69 Å². The Kier molecular flexibility index (Phi) is 1.59. The van der Waals surface area contributed by atoms with Gasteiger partial charge in [-0.15, -0.1) is 0 Å². The highest BCUT2D eigenvalue weighted by Crippen LogP contribution is 2.12. The summed E-state index contributed by atoms with van der Waals surface area (Å²) in [7, 11) is 0. The number of imidazole rings is 1. The number of aromatic hydroxyl groups is 1. The van der Waals surface area contributed by atoms with E-state index in [9.17, 15) is 4.79 Å². The van der Waals surface area contributed by atoms with Gasteiger partial charge in [-0.2, -0.15) is 0 Å². The number of aromatic amines is 2. The van der Waals surface area contributed by atoms with Crippen LogP contribution in [0.15, 0.2) is 20.5 Å². The second-order valence-electron chi connectivity index (χ2n) is 2.43. The molecule has 13 heavy (non-hydrogen) atoms. The molecule has 0 bridgehead atoms. The molecule has 0 fully saturated rings. The summed E-state index contributed by atoms with van der Waals surface area (Å²) in [4.78, 5) is 22.9. The minimum Gasteiger partial charge on any atom is -0.493 e. The summed E-state index contributed by atoms with van der Waals surface area (Å²) in [6, 6.07) is 0. The normalized spacial score (nSPS) is 17.4. The molecule has 6 heteroatoms. The molecule has 0 radical (unpaired) electrons. The van der Waals surface area contributed by atoms with Crippen molar-refractivity contribution in [2.45, 2.75) is 0 Å². The van der Waals surface area contributed by atoms with Crippen LogP contribution in [0.25, 0.3) is 6.08 Å². The third-order valence-corrected chi connectivity index (χ3v) is 1.51. The maximum absolute atomic E-state index is 10.7. The van der Waals surface area contributed by atoms with Crippen molar-refractivity contribution in [3.05, 3.63) is 21.9 Å². The zero-order valence-corrected chi connectivity index (χ0v) is 6.48. The Morgan fingerprint density at radius 2 is 2.31 bits per heavy atom. The fourth-order valence-electron chi connectivity index (χ4n) is 0.958. The van der Waals surface area contributed by atoms with Gasteiger partial charge in [-0.25, -0.2) is 14.8 Å². The molecule has 1 aromatic heterocycles. The van der Waals surface area contributed by atoms with E-state index in [1.165, 1.54) is 18.6 Å².